The van der Waals surface area contributed by atoms with Crippen LogP contribution in [-0.4, -0.2) is 4.57 Å². The summed E-state index contributed by atoms with van der Waals surface area (Å²) >= 11 is 0. The first-order valence-electron chi connectivity index (χ1n) is 19.9. The molecule has 0 atom stereocenters. The van der Waals surface area contributed by atoms with E-state index in [-0.39, 0.29) is 5.41 Å². The first-order chi connectivity index (χ1) is 28.1. The van der Waals surface area contributed by atoms with Crippen molar-refractivity contribution in [2.45, 2.75) is 19.3 Å². The van der Waals surface area contributed by atoms with Crippen LogP contribution in [0, 0.1) is 0 Å². The van der Waals surface area contributed by atoms with Crippen LogP contribution in [0.1, 0.15) is 25.0 Å². The molecule has 0 radical (unpaired) electrons. The molecular formula is C55H40N2. The van der Waals surface area contributed by atoms with Crippen LogP contribution in [0.3, 0.4) is 0 Å². The van der Waals surface area contributed by atoms with Gasteiger partial charge in [-0.05, 0) is 86.6 Å². The average molecular weight is 729 g/mol. The van der Waals surface area contributed by atoms with Crippen molar-refractivity contribution < 1.29 is 0 Å². The molecule has 1 aliphatic carbocycles. The zero-order chi connectivity index (χ0) is 38.1. The van der Waals surface area contributed by atoms with Crippen molar-refractivity contribution in [3.63, 3.8) is 0 Å². The van der Waals surface area contributed by atoms with Gasteiger partial charge in [0, 0.05) is 33.0 Å². The standard InChI is InChI=1S/C55H40N2/c1-55(2)47-28-12-8-24-43(47)44-35-34-39(36-48(44)55)56(50-30-14-10-25-45(50)42-27-16-21-37-20-6-7-22-40(37)42)52-32-17-33-53-54(52)46-26-11-15-31-51(46)57(53)49-29-13-9-23-41(49)38-18-4-3-5-19-38/h3-36H,1-2H3. The van der Waals surface area contributed by atoms with E-state index in [9.17, 15) is 0 Å². The Labute approximate surface area is 333 Å². The Morgan fingerprint density at radius 1 is 0.404 bits per heavy atom. The predicted octanol–water partition coefficient (Wildman–Crippen LogP) is 15.0. The molecule has 0 N–H and O–H groups in total. The first-order valence-corrected chi connectivity index (χ1v) is 19.9. The van der Waals surface area contributed by atoms with E-state index < -0.39 is 0 Å². The lowest BCUT2D eigenvalue weighted by Crippen LogP contribution is -2.17. The van der Waals surface area contributed by atoms with E-state index in [0.717, 1.165) is 22.7 Å². The van der Waals surface area contributed by atoms with Crippen molar-refractivity contribution in [1.82, 2.24) is 4.57 Å². The number of para-hydroxylation sites is 3. The number of benzene rings is 9. The Morgan fingerprint density at radius 2 is 1.00 bits per heavy atom. The number of fused-ring (bicyclic) bond motifs is 7. The zero-order valence-electron chi connectivity index (χ0n) is 32.0. The summed E-state index contributed by atoms with van der Waals surface area (Å²) in [5, 5.41) is 4.90. The van der Waals surface area contributed by atoms with E-state index in [1.807, 2.05) is 0 Å². The minimum Gasteiger partial charge on any atom is -0.309 e. The molecule has 9 aromatic carbocycles. The van der Waals surface area contributed by atoms with Gasteiger partial charge in [-0.2, -0.15) is 0 Å². The maximum Gasteiger partial charge on any atom is 0.0562 e. The Hall–Kier alpha value is -7.16. The molecule has 2 nitrogen and oxygen atoms in total. The van der Waals surface area contributed by atoms with E-state index in [1.165, 1.54) is 77.1 Å². The van der Waals surface area contributed by atoms with Gasteiger partial charge in [0.2, 0.25) is 0 Å². The minimum atomic E-state index is -0.147. The normalized spacial score (nSPS) is 12.9. The summed E-state index contributed by atoms with van der Waals surface area (Å²) in [4.78, 5) is 2.53. The highest BCUT2D eigenvalue weighted by molar-refractivity contribution is 6.17. The molecule has 1 aromatic heterocycles. The predicted molar refractivity (Wildman–Crippen MR) is 241 cm³/mol. The van der Waals surface area contributed by atoms with Gasteiger partial charge in [0.05, 0.1) is 28.1 Å². The van der Waals surface area contributed by atoms with Crippen LogP contribution in [0.4, 0.5) is 17.1 Å². The summed E-state index contributed by atoms with van der Waals surface area (Å²) in [5.74, 6) is 0. The van der Waals surface area contributed by atoms with Gasteiger partial charge in [-0.1, -0.05) is 178 Å². The van der Waals surface area contributed by atoms with Crippen LogP contribution < -0.4 is 4.90 Å². The van der Waals surface area contributed by atoms with Crippen molar-refractivity contribution in [3.05, 3.63) is 217 Å². The molecule has 1 aliphatic rings. The Bertz CT molecular complexity index is 3160. The third-order valence-electron chi connectivity index (χ3n) is 12.2. The molecule has 0 saturated carbocycles. The number of hydrogen-bond donors (Lipinski definition) is 0. The molecule has 270 valence electrons. The molecule has 0 aliphatic heterocycles. The number of nitrogens with zero attached hydrogens (tertiary/aromatic N) is 2. The number of rotatable bonds is 6. The SMILES string of the molecule is CC1(C)c2ccccc2-c2ccc(N(c3ccccc3-c3cccc4ccccc34)c3cccc4c3c3ccccc3n4-c3ccccc3-c3ccccc3)cc21. The van der Waals surface area contributed by atoms with E-state index in [0.29, 0.717) is 0 Å². The molecule has 0 fully saturated rings. The number of anilines is 3. The lowest BCUT2D eigenvalue weighted by atomic mass is 9.82. The minimum absolute atomic E-state index is 0.147. The second kappa shape index (κ2) is 13.0. The van der Waals surface area contributed by atoms with Crippen molar-refractivity contribution in [3.8, 4) is 39.1 Å². The van der Waals surface area contributed by atoms with Gasteiger partial charge >= 0.3 is 0 Å². The Balaban J connectivity index is 1.22. The maximum absolute atomic E-state index is 2.53. The van der Waals surface area contributed by atoms with Crippen molar-refractivity contribution in [2.75, 3.05) is 4.90 Å². The van der Waals surface area contributed by atoms with E-state index in [4.69, 9.17) is 0 Å². The summed E-state index contributed by atoms with van der Waals surface area (Å²) in [6.07, 6.45) is 0. The number of hydrogen-bond acceptors (Lipinski definition) is 1. The van der Waals surface area contributed by atoms with Crippen LogP contribution in [0.5, 0.6) is 0 Å². The highest BCUT2D eigenvalue weighted by Crippen LogP contribution is 2.53. The molecule has 0 saturated heterocycles. The fourth-order valence-electron chi connectivity index (χ4n) is 9.57. The lowest BCUT2D eigenvalue weighted by molar-refractivity contribution is 0.660. The monoisotopic (exact) mass is 728 g/mol. The first kappa shape index (κ1) is 33.2. The zero-order valence-corrected chi connectivity index (χ0v) is 32.0. The third kappa shape index (κ3) is 5.11. The molecule has 2 heteroatoms. The van der Waals surface area contributed by atoms with Crippen molar-refractivity contribution in [1.29, 1.82) is 0 Å². The maximum atomic E-state index is 2.53. The van der Waals surface area contributed by atoms with Gasteiger partial charge in [-0.15, -0.1) is 0 Å². The topological polar surface area (TPSA) is 8.17 Å². The van der Waals surface area contributed by atoms with Gasteiger partial charge in [0.15, 0.2) is 0 Å². The molecule has 11 rings (SSSR count). The Kier molecular flexibility index (Phi) is 7.55. The molecule has 57 heavy (non-hydrogen) atoms. The fourth-order valence-corrected chi connectivity index (χ4v) is 9.57. The fraction of sp³-hybridized carbons (Fsp3) is 0.0545. The second-order valence-corrected chi connectivity index (χ2v) is 15.7. The average Bonchev–Trinajstić information content (AvgIpc) is 3.73. The van der Waals surface area contributed by atoms with Gasteiger partial charge in [-0.3, -0.25) is 0 Å². The second-order valence-electron chi connectivity index (χ2n) is 15.7. The summed E-state index contributed by atoms with van der Waals surface area (Å²) in [6, 6.07) is 75.7. The summed E-state index contributed by atoms with van der Waals surface area (Å²) in [6.45, 7) is 4.74. The largest absolute Gasteiger partial charge is 0.309 e. The van der Waals surface area contributed by atoms with Crippen LogP contribution in [-0.2, 0) is 5.41 Å². The third-order valence-corrected chi connectivity index (χ3v) is 12.2. The highest BCUT2D eigenvalue weighted by Gasteiger charge is 2.36. The van der Waals surface area contributed by atoms with Gasteiger partial charge < -0.3 is 9.47 Å². The quantitative estimate of drug-likeness (QED) is 0.165. The van der Waals surface area contributed by atoms with Crippen LogP contribution in [0.25, 0.3) is 71.6 Å². The smallest absolute Gasteiger partial charge is 0.0562 e. The summed E-state index contributed by atoms with van der Waals surface area (Å²) in [5.41, 5.74) is 16.9. The molecule has 0 amide bonds. The molecule has 10 aromatic rings. The lowest BCUT2D eigenvalue weighted by Gasteiger charge is -2.30. The highest BCUT2D eigenvalue weighted by atomic mass is 15.2. The van der Waals surface area contributed by atoms with Gasteiger partial charge in [0.1, 0.15) is 0 Å². The summed E-state index contributed by atoms with van der Waals surface area (Å²) in [7, 11) is 0. The van der Waals surface area contributed by atoms with Crippen molar-refractivity contribution >= 4 is 49.6 Å². The van der Waals surface area contributed by atoms with Crippen LogP contribution in [0.2, 0.25) is 0 Å². The molecule has 1 heterocycles. The summed E-state index contributed by atoms with van der Waals surface area (Å²) < 4.78 is 2.47. The Morgan fingerprint density at radius 3 is 1.88 bits per heavy atom. The van der Waals surface area contributed by atoms with E-state index in [1.54, 1.807) is 0 Å². The number of aromatic nitrogens is 1. The van der Waals surface area contributed by atoms with Gasteiger partial charge in [0.25, 0.3) is 0 Å². The molecule has 0 bridgehead atoms. The van der Waals surface area contributed by atoms with Crippen LogP contribution in [0.15, 0.2) is 206 Å². The molecular weight excluding hydrogens is 689 g/mol. The molecule has 0 spiro atoms. The van der Waals surface area contributed by atoms with E-state index >= 15 is 0 Å². The molecule has 0 unspecified atom stereocenters. The van der Waals surface area contributed by atoms with E-state index in [2.05, 4.69) is 230 Å². The van der Waals surface area contributed by atoms with Crippen LogP contribution >= 0.6 is 0 Å². The van der Waals surface area contributed by atoms with Gasteiger partial charge in [-0.25, -0.2) is 0 Å². The van der Waals surface area contributed by atoms with Crippen molar-refractivity contribution in [2.24, 2.45) is 0 Å².